The molecule has 7 aromatic heterocycles. The van der Waals surface area contributed by atoms with E-state index < -0.39 is 0 Å². The Labute approximate surface area is 736 Å². The van der Waals surface area contributed by atoms with Crippen molar-refractivity contribution < 1.29 is 0 Å². The minimum Gasteiger partial charge on any atom is -0.349 e. The molecule has 10 aliphatic heterocycles. The average Bonchev–Trinajstić information content (AvgIpc) is 1.52. The summed E-state index contributed by atoms with van der Waals surface area (Å²) in [5.74, 6) is 9.15. The van der Waals surface area contributed by atoms with E-state index in [-0.39, 0.29) is 24.7 Å². The van der Waals surface area contributed by atoms with Crippen LogP contribution in [-0.4, -0.2) is 112 Å². The van der Waals surface area contributed by atoms with Gasteiger partial charge in [0.1, 0.15) is 71.9 Å². The van der Waals surface area contributed by atoms with E-state index in [1.165, 1.54) is 95.2 Å². The molecule has 0 N–H and O–H groups in total. The highest BCUT2D eigenvalue weighted by atomic mass is 15.5. The van der Waals surface area contributed by atoms with Gasteiger partial charge in [-0.1, -0.05) is 207 Å². The number of rotatable bonds is 9. The second kappa shape index (κ2) is 32.0. The molecule has 0 saturated carbocycles. The maximum atomic E-state index is 5.17. The van der Waals surface area contributed by atoms with Gasteiger partial charge in [0.25, 0.3) is 0 Å². The lowest BCUT2D eigenvalue weighted by molar-refractivity contribution is 0.699. The number of benzene rings is 8. The number of aromatic nitrogens is 12. The Balaban J connectivity index is 0.0000000966. The molecule has 22 nitrogen and oxygen atoms in total. The van der Waals surface area contributed by atoms with Crippen molar-refractivity contribution in [3.63, 3.8) is 0 Å². The quantitative estimate of drug-likeness (QED) is 0.133. The van der Waals surface area contributed by atoms with Crippen LogP contribution in [0.3, 0.4) is 0 Å². The smallest absolute Gasteiger partial charge is 0.162 e. The molecular weight excluding hydrogens is 1560 g/mol. The van der Waals surface area contributed by atoms with Gasteiger partial charge >= 0.3 is 0 Å². The van der Waals surface area contributed by atoms with Crippen molar-refractivity contribution in [1.82, 2.24) is 59.8 Å². The molecule has 5 atom stereocenters. The highest BCUT2D eigenvalue weighted by Crippen LogP contribution is 2.56. The van der Waals surface area contributed by atoms with Crippen LogP contribution in [0.5, 0.6) is 0 Å². The van der Waals surface area contributed by atoms with Gasteiger partial charge in [-0.05, 0) is 141 Å². The number of pyridine rings is 2. The van der Waals surface area contributed by atoms with Crippen LogP contribution in [0.1, 0.15) is 135 Å². The maximum Gasteiger partial charge on any atom is 0.162 e. The van der Waals surface area contributed by atoms with Crippen LogP contribution >= 0.6 is 0 Å². The molecule has 10 aliphatic rings. The fourth-order valence-electron chi connectivity index (χ4n) is 20.4. The first-order valence-electron chi connectivity index (χ1n) is 44.0. The van der Waals surface area contributed by atoms with Crippen LogP contribution < -0.4 is 49.0 Å². The molecule has 0 fully saturated rings. The standard InChI is InChI=1S/2C25H28N4.C20H18N4.2C17H13N5/c1-15(2)18-10-8-11-19(16(3)4)23(18)24-26-14-21-25(27-24)28(5)22-13-17-9-6-7-12-20(17)29(21)22;1-15(2)18-10-8-11-19(16(3)4)23(18)24-26-14-21-25(27-24)29-20-12-7-6-9-17(20)13-22(29)28(21)5;1-13-7-3-5-9-15(13)19-21-12-17-20(22-19)24-16-10-6-4-8-14(16)11-18(24)23(17)2;1-2-6-14-12(4-1)8-16-21(13-5-3-7-18-9-13)17-15(22(14)16)10-19-11-20-17;1-2-4-14-12(3-1)9-16-21(13-5-7-18-8-6-13)17-15(22(14)16)10-19-11-20-17/h2*6-12,14-16,22H,13H2,1-5H3;3-10,12,18H,11H2,1-2H3;1-7,9-11,16H,8H2;1-8,10-11,16H,9H2. The lowest BCUT2D eigenvalue weighted by Gasteiger charge is -2.26. The number of hydrogen-bond acceptors (Lipinski definition) is 22. The molecular formula is C104H100N22. The molecule has 8 aromatic carbocycles. The van der Waals surface area contributed by atoms with Crippen molar-refractivity contribution in [2.24, 2.45) is 0 Å². The van der Waals surface area contributed by atoms with Gasteiger partial charge in [-0.25, -0.2) is 49.8 Å². The van der Waals surface area contributed by atoms with E-state index in [4.69, 9.17) is 24.9 Å². The molecule has 0 radical (unpaired) electrons. The first kappa shape index (κ1) is 78.7. The number of anilines is 17. The molecule has 15 aromatic rings. The topological polar surface area (TPSA) is 187 Å². The number of likely N-dealkylation sites (N-methyl/N-ethyl adjacent to an activating group) is 3. The summed E-state index contributed by atoms with van der Waals surface area (Å²) < 4.78 is 0. The minimum atomic E-state index is 0.202. The van der Waals surface area contributed by atoms with Gasteiger partial charge in [-0.3, -0.25) is 9.97 Å². The van der Waals surface area contributed by atoms with Gasteiger partial charge < -0.3 is 49.0 Å². The van der Waals surface area contributed by atoms with Gasteiger partial charge in [0, 0.05) is 123 Å². The summed E-state index contributed by atoms with van der Waals surface area (Å²) in [6.07, 6.45) is 26.6. The number of aryl methyl sites for hydroxylation is 1. The van der Waals surface area contributed by atoms with Crippen LogP contribution in [0.4, 0.5) is 97.3 Å². The Kier molecular flexibility index (Phi) is 20.0. The molecule has 626 valence electrons. The molecule has 5 unspecified atom stereocenters. The van der Waals surface area contributed by atoms with Gasteiger partial charge in [-0.2, -0.15) is 0 Å². The second-order valence-electron chi connectivity index (χ2n) is 35.1. The number of para-hydroxylation sites is 5. The van der Waals surface area contributed by atoms with Crippen molar-refractivity contribution in [3.8, 4) is 34.2 Å². The van der Waals surface area contributed by atoms with Crippen molar-refractivity contribution in [3.05, 3.63) is 330 Å². The molecule has 0 bridgehead atoms. The zero-order chi connectivity index (χ0) is 85.9. The molecule has 0 aliphatic carbocycles. The summed E-state index contributed by atoms with van der Waals surface area (Å²) in [6, 6.07) is 72.6. The Bertz CT molecular complexity index is 6430. The van der Waals surface area contributed by atoms with E-state index in [0.29, 0.717) is 29.8 Å². The van der Waals surface area contributed by atoms with Crippen molar-refractivity contribution in [1.29, 1.82) is 0 Å². The number of hydrogen-bond donors (Lipinski definition) is 0. The van der Waals surface area contributed by atoms with E-state index in [9.17, 15) is 0 Å². The Morgan fingerprint density at radius 3 is 1.06 bits per heavy atom. The highest BCUT2D eigenvalue weighted by molar-refractivity contribution is 5.92. The fourth-order valence-corrected chi connectivity index (χ4v) is 20.4. The van der Waals surface area contributed by atoms with Gasteiger partial charge in [0.15, 0.2) is 46.6 Å². The summed E-state index contributed by atoms with van der Waals surface area (Å²) in [6.45, 7) is 20.1. The van der Waals surface area contributed by atoms with Crippen LogP contribution in [0.15, 0.2) is 275 Å². The normalized spacial score (nSPS) is 17.6. The summed E-state index contributed by atoms with van der Waals surface area (Å²) in [5.41, 5.74) is 30.8. The van der Waals surface area contributed by atoms with Crippen molar-refractivity contribution in [2.75, 3.05) is 70.1 Å². The molecule has 0 spiro atoms. The third-order valence-electron chi connectivity index (χ3n) is 26.5. The van der Waals surface area contributed by atoms with Gasteiger partial charge in [0.05, 0.1) is 42.9 Å². The zero-order valence-corrected chi connectivity index (χ0v) is 73.1. The predicted octanol–water partition coefficient (Wildman–Crippen LogP) is 21.7. The van der Waals surface area contributed by atoms with E-state index in [1.807, 2.05) is 79.9 Å². The Hall–Kier alpha value is -14.5. The third kappa shape index (κ3) is 13.2. The monoisotopic (exact) mass is 1660 g/mol. The van der Waals surface area contributed by atoms with E-state index in [0.717, 1.165) is 124 Å². The van der Waals surface area contributed by atoms with Crippen LogP contribution in [0.2, 0.25) is 0 Å². The minimum absolute atomic E-state index is 0.202. The van der Waals surface area contributed by atoms with Crippen molar-refractivity contribution >= 4 is 97.3 Å². The summed E-state index contributed by atoms with van der Waals surface area (Å²) in [7, 11) is 6.44. The van der Waals surface area contributed by atoms with Crippen LogP contribution in [-0.2, 0) is 32.1 Å². The molecule has 126 heavy (non-hydrogen) atoms. The average molecular weight is 1660 g/mol. The highest BCUT2D eigenvalue weighted by Gasteiger charge is 2.49. The van der Waals surface area contributed by atoms with Gasteiger partial charge in [0.2, 0.25) is 0 Å². The lowest BCUT2D eigenvalue weighted by Crippen LogP contribution is -2.36. The SMILES string of the molecule is CC(C)c1cccc(C(C)C)c1-c1ncc2c(n1)N(C)C1Cc3ccccc3N21.CC(C)c1cccc(C(C)C)c1-c1ncc2c(n1)N1c3ccccc3CC1N2C.Cc1ccccc1-c1ncc2c(n1)N1c3ccccc3CC1N2C.c1ccc2c(c1)CC1N2c2cncnc2N1c1ccncc1.c1cncc(N2c3ncncc3N3c4ccccc4CC32)c1. The molecule has 0 amide bonds. The van der Waals surface area contributed by atoms with E-state index in [2.05, 4.69) is 343 Å². The second-order valence-corrected chi connectivity index (χ2v) is 35.1. The lowest BCUT2D eigenvalue weighted by atomic mass is 9.88. The number of nitrogens with zero attached hydrogens (tertiary/aromatic N) is 22. The van der Waals surface area contributed by atoms with E-state index in [1.54, 1.807) is 18.9 Å². The summed E-state index contributed by atoms with van der Waals surface area (Å²) in [4.78, 5) is 78.8. The first-order valence-corrected chi connectivity index (χ1v) is 44.0. The van der Waals surface area contributed by atoms with E-state index >= 15 is 0 Å². The summed E-state index contributed by atoms with van der Waals surface area (Å²) >= 11 is 0. The largest absolute Gasteiger partial charge is 0.349 e. The molecule has 22 heteroatoms. The van der Waals surface area contributed by atoms with Crippen LogP contribution in [0, 0.1) is 6.92 Å². The van der Waals surface area contributed by atoms with Crippen LogP contribution in [0.25, 0.3) is 34.2 Å². The third-order valence-corrected chi connectivity index (χ3v) is 26.5. The molecule has 17 heterocycles. The number of fused-ring (bicyclic) bond motifs is 25. The Morgan fingerprint density at radius 1 is 0.262 bits per heavy atom. The molecule has 25 rings (SSSR count). The van der Waals surface area contributed by atoms with Gasteiger partial charge in [-0.15, -0.1) is 0 Å². The summed E-state index contributed by atoms with van der Waals surface area (Å²) in [5, 5.41) is 0. The zero-order valence-electron chi connectivity index (χ0n) is 73.1. The molecule has 0 saturated heterocycles. The predicted molar refractivity (Wildman–Crippen MR) is 506 cm³/mol. The Morgan fingerprint density at radius 2 is 0.627 bits per heavy atom. The van der Waals surface area contributed by atoms with Crippen molar-refractivity contribution in [2.45, 2.75) is 149 Å². The maximum absolute atomic E-state index is 5.17. The fraction of sp³-hybridized carbons (Fsp3) is 0.250. The first-order chi connectivity index (χ1) is 61.5.